The molecule has 0 aromatic heterocycles. The number of nitrogens with one attached hydrogen (secondary N) is 2. The standard InChI is InChI=1S/C26H29FN4O3/c1-16(32)34-21-13-24(30-15-21)25(33)31-23-12-20(7-8-22(23)27)26(29,10-9-17-5-6-17)19-4-2-3-18(11-19)14-28/h2-4,7-8,11-12,17,21,24,30H,5-6,9-10,13,15,29H2,1H3,(H,31,33). The molecule has 1 saturated heterocycles. The molecule has 4 N–H and O–H groups in total. The summed E-state index contributed by atoms with van der Waals surface area (Å²) in [5, 5.41) is 15.0. The van der Waals surface area contributed by atoms with Crippen LogP contribution in [0.3, 0.4) is 0 Å². The number of carbonyl (C=O) groups is 2. The minimum absolute atomic E-state index is 0.0397. The number of nitrogens with zero attached hydrogens (tertiary/aromatic N) is 1. The number of ether oxygens (including phenoxy) is 1. The van der Waals surface area contributed by atoms with E-state index < -0.39 is 35.4 Å². The van der Waals surface area contributed by atoms with Gasteiger partial charge in [-0.15, -0.1) is 0 Å². The van der Waals surface area contributed by atoms with Crippen molar-refractivity contribution in [2.45, 2.75) is 56.7 Å². The summed E-state index contributed by atoms with van der Waals surface area (Å²) in [6, 6.07) is 13.2. The van der Waals surface area contributed by atoms with Crippen molar-refractivity contribution in [2.75, 3.05) is 11.9 Å². The summed E-state index contributed by atoms with van der Waals surface area (Å²) in [5.74, 6) is -0.738. The van der Waals surface area contributed by atoms with E-state index in [1.165, 1.54) is 25.8 Å². The summed E-state index contributed by atoms with van der Waals surface area (Å²) in [6.07, 6.45) is 3.85. The van der Waals surface area contributed by atoms with Crippen molar-refractivity contribution < 1.29 is 18.7 Å². The van der Waals surface area contributed by atoms with Crippen LogP contribution in [0.2, 0.25) is 0 Å². The Morgan fingerprint density at radius 3 is 2.74 bits per heavy atom. The van der Waals surface area contributed by atoms with Gasteiger partial charge >= 0.3 is 5.97 Å². The van der Waals surface area contributed by atoms with Crippen LogP contribution in [-0.2, 0) is 19.9 Å². The molecule has 1 amide bonds. The lowest BCUT2D eigenvalue weighted by Crippen LogP contribution is -2.39. The van der Waals surface area contributed by atoms with Crippen molar-refractivity contribution in [3.05, 3.63) is 65.0 Å². The topological polar surface area (TPSA) is 117 Å². The molecule has 1 aliphatic heterocycles. The molecule has 0 bridgehead atoms. The third-order valence-electron chi connectivity index (χ3n) is 6.63. The molecule has 178 valence electrons. The Balaban J connectivity index is 1.58. The number of nitrogens with two attached hydrogens (primary N) is 1. The van der Waals surface area contributed by atoms with Crippen molar-refractivity contribution in [2.24, 2.45) is 11.7 Å². The van der Waals surface area contributed by atoms with Crippen LogP contribution in [0.5, 0.6) is 0 Å². The quantitative estimate of drug-likeness (QED) is 0.516. The first kappa shape index (κ1) is 23.9. The van der Waals surface area contributed by atoms with Gasteiger partial charge in [0.1, 0.15) is 11.9 Å². The SMILES string of the molecule is CC(=O)OC1CNC(C(=O)Nc2cc(C(N)(CCC3CC3)c3cccc(C#N)c3)ccc2F)C1. The highest BCUT2D eigenvalue weighted by Crippen LogP contribution is 2.40. The van der Waals surface area contributed by atoms with Gasteiger partial charge in [-0.3, -0.25) is 9.59 Å². The molecule has 1 aliphatic carbocycles. The number of nitriles is 1. The summed E-state index contributed by atoms with van der Waals surface area (Å²) in [6.45, 7) is 1.69. The summed E-state index contributed by atoms with van der Waals surface area (Å²) in [5.41, 5.74) is 8.02. The van der Waals surface area contributed by atoms with E-state index in [1.54, 1.807) is 30.3 Å². The number of hydrogen-bond donors (Lipinski definition) is 3. The first-order chi connectivity index (χ1) is 16.3. The van der Waals surface area contributed by atoms with E-state index in [2.05, 4.69) is 16.7 Å². The molecular formula is C26H29FN4O3. The number of rotatable bonds is 8. The largest absolute Gasteiger partial charge is 0.461 e. The van der Waals surface area contributed by atoms with E-state index in [9.17, 15) is 19.2 Å². The molecule has 3 unspecified atom stereocenters. The lowest BCUT2D eigenvalue weighted by atomic mass is 9.79. The lowest BCUT2D eigenvalue weighted by Gasteiger charge is -2.32. The number of carbonyl (C=O) groups excluding carboxylic acids is 2. The van der Waals surface area contributed by atoms with Crippen LogP contribution in [0.25, 0.3) is 0 Å². The Kier molecular flexibility index (Phi) is 6.96. The molecule has 0 spiro atoms. The van der Waals surface area contributed by atoms with Crippen LogP contribution in [0, 0.1) is 23.1 Å². The van der Waals surface area contributed by atoms with E-state index in [1.807, 2.05) is 6.07 Å². The molecule has 2 aromatic rings. The van der Waals surface area contributed by atoms with Gasteiger partial charge in [-0.1, -0.05) is 31.0 Å². The molecule has 1 saturated carbocycles. The molecule has 2 aliphatic rings. The fourth-order valence-electron chi connectivity index (χ4n) is 4.51. The number of halogens is 1. The van der Waals surface area contributed by atoms with Gasteiger partial charge in [0, 0.05) is 19.9 Å². The van der Waals surface area contributed by atoms with Crippen molar-refractivity contribution in [1.82, 2.24) is 5.32 Å². The average molecular weight is 465 g/mol. The Labute approximate surface area is 198 Å². The third kappa shape index (κ3) is 5.44. The van der Waals surface area contributed by atoms with Gasteiger partial charge in [0.15, 0.2) is 0 Å². The van der Waals surface area contributed by atoms with Crippen LogP contribution < -0.4 is 16.4 Å². The first-order valence-electron chi connectivity index (χ1n) is 11.6. The monoisotopic (exact) mass is 464 g/mol. The zero-order chi connectivity index (χ0) is 24.3. The van der Waals surface area contributed by atoms with Gasteiger partial charge in [-0.05, 0) is 54.2 Å². The van der Waals surface area contributed by atoms with Gasteiger partial charge in [-0.2, -0.15) is 5.26 Å². The van der Waals surface area contributed by atoms with Crippen molar-refractivity contribution in [3.8, 4) is 6.07 Å². The molecule has 2 fully saturated rings. The van der Waals surface area contributed by atoms with E-state index in [4.69, 9.17) is 10.5 Å². The minimum atomic E-state index is -0.936. The van der Waals surface area contributed by atoms with Gasteiger partial charge in [0.05, 0.1) is 28.9 Å². The smallest absolute Gasteiger partial charge is 0.302 e. The van der Waals surface area contributed by atoms with Crippen LogP contribution in [0.4, 0.5) is 10.1 Å². The second-order valence-corrected chi connectivity index (χ2v) is 9.26. The normalized spacial score (nSPS) is 21.4. The number of hydrogen-bond acceptors (Lipinski definition) is 6. The zero-order valence-electron chi connectivity index (χ0n) is 19.1. The number of benzene rings is 2. The van der Waals surface area contributed by atoms with Crippen LogP contribution in [0.1, 0.15) is 55.7 Å². The van der Waals surface area contributed by atoms with Gasteiger partial charge in [0.2, 0.25) is 5.91 Å². The van der Waals surface area contributed by atoms with Gasteiger partial charge in [-0.25, -0.2) is 4.39 Å². The first-order valence-corrected chi connectivity index (χ1v) is 11.6. The maximum Gasteiger partial charge on any atom is 0.302 e. The predicted octanol–water partition coefficient (Wildman–Crippen LogP) is 3.32. The van der Waals surface area contributed by atoms with Crippen LogP contribution in [0.15, 0.2) is 42.5 Å². The van der Waals surface area contributed by atoms with E-state index in [0.717, 1.165) is 12.0 Å². The second-order valence-electron chi connectivity index (χ2n) is 9.26. The van der Waals surface area contributed by atoms with E-state index in [0.29, 0.717) is 36.4 Å². The lowest BCUT2D eigenvalue weighted by molar-refractivity contribution is -0.145. The number of anilines is 1. The average Bonchev–Trinajstić information content (AvgIpc) is 3.55. The molecule has 1 heterocycles. The van der Waals surface area contributed by atoms with Crippen molar-refractivity contribution >= 4 is 17.6 Å². The van der Waals surface area contributed by atoms with Crippen molar-refractivity contribution in [3.63, 3.8) is 0 Å². The molecule has 8 heteroatoms. The Hall–Kier alpha value is -3.28. The zero-order valence-corrected chi connectivity index (χ0v) is 19.1. The molecule has 2 aromatic carbocycles. The predicted molar refractivity (Wildman–Crippen MR) is 125 cm³/mol. The fraction of sp³-hybridized carbons (Fsp3) is 0.423. The third-order valence-corrected chi connectivity index (χ3v) is 6.63. The van der Waals surface area contributed by atoms with Gasteiger partial charge in [0.25, 0.3) is 0 Å². The number of esters is 1. The Morgan fingerprint density at radius 1 is 1.26 bits per heavy atom. The van der Waals surface area contributed by atoms with E-state index in [-0.39, 0.29) is 5.69 Å². The van der Waals surface area contributed by atoms with Gasteiger partial charge < -0.3 is 21.1 Å². The highest BCUT2D eigenvalue weighted by Gasteiger charge is 2.35. The highest BCUT2D eigenvalue weighted by molar-refractivity contribution is 5.95. The molecule has 34 heavy (non-hydrogen) atoms. The van der Waals surface area contributed by atoms with Crippen LogP contribution in [-0.4, -0.2) is 30.6 Å². The molecular weight excluding hydrogens is 435 g/mol. The molecule has 3 atom stereocenters. The van der Waals surface area contributed by atoms with Crippen LogP contribution >= 0.6 is 0 Å². The Bertz CT molecular complexity index is 1130. The second kappa shape index (κ2) is 9.92. The number of amides is 1. The molecule has 4 rings (SSSR count). The maximum atomic E-state index is 14.7. The Morgan fingerprint density at radius 2 is 2.03 bits per heavy atom. The molecule has 0 radical (unpaired) electrons. The van der Waals surface area contributed by atoms with E-state index >= 15 is 0 Å². The summed E-state index contributed by atoms with van der Waals surface area (Å²) in [7, 11) is 0. The minimum Gasteiger partial charge on any atom is -0.461 e. The van der Waals surface area contributed by atoms with Crippen molar-refractivity contribution in [1.29, 1.82) is 5.26 Å². The molecule has 7 nitrogen and oxygen atoms in total. The summed E-state index contributed by atoms with van der Waals surface area (Å²) in [4.78, 5) is 24.0. The maximum absolute atomic E-state index is 14.7. The summed E-state index contributed by atoms with van der Waals surface area (Å²) >= 11 is 0. The highest BCUT2D eigenvalue weighted by atomic mass is 19.1. The fourth-order valence-corrected chi connectivity index (χ4v) is 4.51. The summed E-state index contributed by atoms with van der Waals surface area (Å²) < 4.78 is 19.9.